The van der Waals surface area contributed by atoms with E-state index in [1.54, 1.807) is 12.1 Å². The van der Waals surface area contributed by atoms with E-state index in [0.717, 1.165) is 11.4 Å². The molecule has 0 aliphatic carbocycles. The maximum Gasteiger partial charge on any atom is 0.344 e. The zero-order valence-electron chi connectivity index (χ0n) is 15.3. The van der Waals surface area contributed by atoms with Crippen molar-refractivity contribution in [3.05, 3.63) is 64.5 Å². The van der Waals surface area contributed by atoms with Crippen molar-refractivity contribution < 1.29 is 19.4 Å². The Kier molecular flexibility index (Phi) is 5.71. The van der Waals surface area contributed by atoms with Crippen molar-refractivity contribution in [2.45, 2.75) is 6.92 Å². The SMILES string of the molecule is CCOc1ccc(N=C2SC(=Cc3cccn3C)C(O)=C2C(=O)OC)cc1. The molecule has 0 fully saturated rings. The quantitative estimate of drug-likeness (QED) is 0.781. The number of esters is 1. The number of aromatic nitrogens is 1. The number of nitrogens with zero attached hydrogens (tertiary/aromatic N) is 2. The summed E-state index contributed by atoms with van der Waals surface area (Å²) in [6, 6.07) is 11.0. The zero-order valence-corrected chi connectivity index (χ0v) is 16.1. The minimum Gasteiger partial charge on any atom is -0.506 e. The van der Waals surface area contributed by atoms with E-state index in [1.807, 2.05) is 55.1 Å². The number of carbonyl (C=O) groups excluding carboxylic acids is 1. The van der Waals surface area contributed by atoms with E-state index in [1.165, 1.54) is 18.9 Å². The average Bonchev–Trinajstić information content (AvgIpc) is 3.20. The maximum absolute atomic E-state index is 12.2. The van der Waals surface area contributed by atoms with Crippen LogP contribution in [0.1, 0.15) is 12.6 Å². The summed E-state index contributed by atoms with van der Waals surface area (Å²) in [5.41, 5.74) is 1.61. The molecule has 1 aliphatic rings. The summed E-state index contributed by atoms with van der Waals surface area (Å²) in [7, 11) is 3.18. The molecule has 0 spiro atoms. The molecule has 1 N–H and O–H groups in total. The number of methoxy groups -OCH3 is 1. The van der Waals surface area contributed by atoms with E-state index < -0.39 is 5.97 Å². The third-order valence-electron chi connectivity index (χ3n) is 3.92. The van der Waals surface area contributed by atoms with Crippen molar-refractivity contribution in [3.8, 4) is 5.75 Å². The topological polar surface area (TPSA) is 73.0 Å². The summed E-state index contributed by atoms with van der Waals surface area (Å²) < 4.78 is 12.2. The van der Waals surface area contributed by atoms with Crippen molar-refractivity contribution in [2.24, 2.45) is 12.0 Å². The Morgan fingerprint density at radius 1 is 1.30 bits per heavy atom. The molecule has 0 saturated carbocycles. The lowest BCUT2D eigenvalue weighted by Gasteiger charge is -2.04. The monoisotopic (exact) mass is 384 g/mol. The van der Waals surface area contributed by atoms with Gasteiger partial charge in [-0.3, -0.25) is 0 Å². The molecule has 7 heteroatoms. The molecular formula is C20H20N2O4S. The highest BCUT2D eigenvalue weighted by molar-refractivity contribution is 8.18. The first kappa shape index (κ1) is 18.8. The van der Waals surface area contributed by atoms with Crippen LogP contribution in [0.3, 0.4) is 0 Å². The lowest BCUT2D eigenvalue weighted by molar-refractivity contribution is -0.135. The first-order valence-electron chi connectivity index (χ1n) is 8.38. The predicted molar refractivity (Wildman–Crippen MR) is 107 cm³/mol. The second-order valence-corrected chi connectivity index (χ2v) is 6.74. The Bertz CT molecular complexity index is 939. The highest BCUT2D eigenvalue weighted by Crippen LogP contribution is 2.40. The molecule has 6 nitrogen and oxygen atoms in total. The second kappa shape index (κ2) is 8.18. The lowest BCUT2D eigenvalue weighted by Crippen LogP contribution is -2.10. The molecule has 2 heterocycles. The van der Waals surface area contributed by atoms with Gasteiger partial charge in [-0.2, -0.15) is 0 Å². The van der Waals surface area contributed by atoms with Gasteiger partial charge in [0.05, 0.1) is 24.3 Å². The number of hydrogen-bond acceptors (Lipinski definition) is 6. The third kappa shape index (κ3) is 4.09. The molecule has 140 valence electrons. The Balaban J connectivity index is 1.98. The number of aryl methyl sites for hydroxylation is 1. The van der Waals surface area contributed by atoms with E-state index in [4.69, 9.17) is 9.47 Å². The minimum absolute atomic E-state index is 0.0665. The number of rotatable bonds is 5. The predicted octanol–water partition coefficient (Wildman–Crippen LogP) is 4.23. The number of aliphatic hydroxyl groups is 1. The Morgan fingerprint density at radius 2 is 2.04 bits per heavy atom. The molecule has 0 amide bonds. The fraction of sp³-hybridized carbons (Fsp3) is 0.200. The highest BCUT2D eigenvalue weighted by Gasteiger charge is 2.33. The van der Waals surface area contributed by atoms with Crippen molar-refractivity contribution in [3.63, 3.8) is 0 Å². The van der Waals surface area contributed by atoms with E-state index in [-0.39, 0.29) is 11.3 Å². The van der Waals surface area contributed by atoms with Crippen LogP contribution in [0.4, 0.5) is 5.69 Å². The molecule has 0 unspecified atom stereocenters. The number of aliphatic hydroxyl groups excluding tert-OH is 1. The Hall–Kier alpha value is -2.93. The van der Waals surface area contributed by atoms with Crippen molar-refractivity contribution in [1.82, 2.24) is 4.57 Å². The minimum atomic E-state index is -0.625. The number of carbonyl (C=O) groups is 1. The van der Waals surface area contributed by atoms with Gasteiger partial charge in [0, 0.05) is 18.9 Å². The number of hydrogen-bond donors (Lipinski definition) is 1. The number of aliphatic imine (C=N–C) groups is 1. The summed E-state index contributed by atoms with van der Waals surface area (Å²) in [5.74, 6) is -0.00546. The molecule has 1 aliphatic heterocycles. The summed E-state index contributed by atoms with van der Waals surface area (Å²) >= 11 is 1.23. The van der Waals surface area contributed by atoms with Gasteiger partial charge in [-0.15, -0.1) is 0 Å². The van der Waals surface area contributed by atoms with Crippen LogP contribution in [0.15, 0.2) is 63.8 Å². The molecular weight excluding hydrogens is 364 g/mol. The lowest BCUT2D eigenvalue weighted by atomic mass is 10.2. The molecule has 0 atom stereocenters. The van der Waals surface area contributed by atoms with Gasteiger partial charge in [0.15, 0.2) is 0 Å². The number of ether oxygens (including phenoxy) is 2. The molecule has 1 aromatic carbocycles. The Morgan fingerprint density at radius 3 is 2.63 bits per heavy atom. The highest BCUT2D eigenvalue weighted by atomic mass is 32.2. The van der Waals surface area contributed by atoms with Crippen LogP contribution in [0.25, 0.3) is 6.08 Å². The molecule has 27 heavy (non-hydrogen) atoms. The third-order valence-corrected chi connectivity index (χ3v) is 4.94. The van der Waals surface area contributed by atoms with Gasteiger partial charge in [0.2, 0.25) is 0 Å². The normalized spacial score (nSPS) is 17.0. The molecule has 0 saturated heterocycles. The molecule has 0 bridgehead atoms. The van der Waals surface area contributed by atoms with Crippen molar-refractivity contribution >= 4 is 34.5 Å². The van der Waals surface area contributed by atoms with Gasteiger partial charge in [-0.25, -0.2) is 9.79 Å². The van der Waals surface area contributed by atoms with Gasteiger partial charge < -0.3 is 19.1 Å². The van der Waals surface area contributed by atoms with E-state index in [0.29, 0.717) is 22.2 Å². The van der Waals surface area contributed by atoms with Crippen molar-refractivity contribution in [1.29, 1.82) is 0 Å². The number of benzene rings is 1. The van der Waals surface area contributed by atoms with Crippen molar-refractivity contribution in [2.75, 3.05) is 13.7 Å². The van der Waals surface area contributed by atoms with E-state index in [9.17, 15) is 9.90 Å². The maximum atomic E-state index is 12.2. The molecule has 1 aromatic heterocycles. The zero-order chi connectivity index (χ0) is 19.4. The first-order chi connectivity index (χ1) is 13.0. The standard InChI is InChI=1S/C20H20N2O4S/c1-4-26-15-9-7-13(8-10-15)21-19-17(20(24)25-3)18(23)16(27-19)12-14-6-5-11-22(14)2/h5-12,23H,4H2,1-3H3. The molecule has 3 rings (SSSR count). The molecule has 2 aromatic rings. The van der Waals surface area contributed by atoms with E-state index >= 15 is 0 Å². The fourth-order valence-electron chi connectivity index (χ4n) is 2.55. The average molecular weight is 384 g/mol. The Labute approximate surface area is 161 Å². The molecule has 0 radical (unpaired) electrons. The summed E-state index contributed by atoms with van der Waals surface area (Å²) in [6.45, 7) is 2.50. The number of thioether (sulfide) groups is 1. The first-order valence-corrected chi connectivity index (χ1v) is 9.20. The van der Waals surface area contributed by atoms with Crippen LogP contribution in [0.5, 0.6) is 5.75 Å². The largest absolute Gasteiger partial charge is 0.506 e. The summed E-state index contributed by atoms with van der Waals surface area (Å²) in [4.78, 5) is 17.3. The summed E-state index contributed by atoms with van der Waals surface area (Å²) in [6.07, 6.45) is 3.71. The van der Waals surface area contributed by atoms with Gasteiger partial charge in [0.1, 0.15) is 22.1 Å². The smallest absolute Gasteiger partial charge is 0.344 e. The fourth-order valence-corrected chi connectivity index (χ4v) is 3.57. The van der Waals surface area contributed by atoms with Gasteiger partial charge in [0.25, 0.3) is 0 Å². The van der Waals surface area contributed by atoms with Crippen LogP contribution in [-0.2, 0) is 16.6 Å². The van der Waals surface area contributed by atoms with E-state index in [2.05, 4.69) is 4.99 Å². The van der Waals surface area contributed by atoms with Gasteiger partial charge in [-0.05, 0) is 49.4 Å². The van der Waals surface area contributed by atoms with Crippen LogP contribution in [0.2, 0.25) is 0 Å². The van der Waals surface area contributed by atoms with Gasteiger partial charge in [-0.1, -0.05) is 11.8 Å². The van der Waals surface area contributed by atoms with Crippen LogP contribution in [0, 0.1) is 0 Å². The van der Waals surface area contributed by atoms with Crippen LogP contribution in [-0.4, -0.2) is 34.4 Å². The van der Waals surface area contributed by atoms with Crippen LogP contribution >= 0.6 is 11.8 Å². The summed E-state index contributed by atoms with van der Waals surface area (Å²) in [5, 5.41) is 11.0. The second-order valence-electron chi connectivity index (χ2n) is 5.71. The van der Waals surface area contributed by atoms with Crippen LogP contribution < -0.4 is 4.74 Å². The van der Waals surface area contributed by atoms with Gasteiger partial charge >= 0.3 is 5.97 Å².